The summed E-state index contributed by atoms with van der Waals surface area (Å²) in [4.78, 5) is 16.1. The first-order valence-corrected chi connectivity index (χ1v) is 8.30. The standard InChI is InChI=1S/C18H22N6O/c1-15-19-10-13-23(15)11-2-8-20-18(25)22-17-6-4-16(5-7-17)14-24-12-3-9-21-24/h3-7,9-10,12-13H,2,8,11,14H2,1H3,(H2,20,22,25). The van der Waals surface area contributed by atoms with Gasteiger partial charge >= 0.3 is 6.03 Å². The van der Waals surface area contributed by atoms with Crippen LogP contribution in [-0.4, -0.2) is 31.9 Å². The minimum absolute atomic E-state index is 0.192. The second-order valence-corrected chi connectivity index (χ2v) is 5.80. The molecule has 0 saturated carbocycles. The number of anilines is 1. The lowest BCUT2D eigenvalue weighted by Gasteiger charge is -2.09. The van der Waals surface area contributed by atoms with Crippen LogP contribution in [0.3, 0.4) is 0 Å². The predicted octanol–water partition coefficient (Wildman–Crippen LogP) is 2.65. The first kappa shape index (κ1) is 16.8. The minimum atomic E-state index is -0.192. The quantitative estimate of drug-likeness (QED) is 0.650. The molecule has 0 spiro atoms. The van der Waals surface area contributed by atoms with Crippen LogP contribution in [0.25, 0.3) is 0 Å². The highest BCUT2D eigenvalue weighted by Gasteiger charge is 2.02. The number of nitrogens with one attached hydrogen (secondary N) is 2. The molecule has 0 radical (unpaired) electrons. The lowest BCUT2D eigenvalue weighted by Crippen LogP contribution is -2.30. The third-order valence-electron chi connectivity index (χ3n) is 3.90. The van der Waals surface area contributed by atoms with Crippen molar-refractivity contribution in [1.29, 1.82) is 0 Å². The van der Waals surface area contributed by atoms with Crippen molar-refractivity contribution >= 4 is 11.7 Å². The Morgan fingerprint density at radius 2 is 2.00 bits per heavy atom. The molecule has 0 atom stereocenters. The maximum atomic E-state index is 11.9. The van der Waals surface area contributed by atoms with E-state index in [1.165, 1.54) is 0 Å². The fraction of sp³-hybridized carbons (Fsp3) is 0.278. The van der Waals surface area contributed by atoms with Gasteiger partial charge in [0.1, 0.15) is 5.82 Å². The molecule has 2 heterocycles. The molecule has 2 amide bonds. The van der Waals surface area contributed by atoms with Gasteiger partial charge in [-0.15, -0.1) is 0 Å². The summed E-state index contributed by atoms with van der Waals surface area (Å²) in [6, 6.07) is 9.47. The molecule has 0 saturated heterocycles. The summed E-state index contributed by atoms with van der Waals surface area (Å²) in [5, 5.41) is 9.89. The number of rotatable bonds is 7. The third kappa shape index (κ3) is 4.94. The van der Waals surface area contributed by atoms with Crippen molar-refractivity contribution in [3.63, 3.8) is 0 Å². The fourth-order valence-electron chi connectivity index (χ4n) is 2.54. The Balaban J connectivity index is 1.39. The number of hydrogen-bond donors (Lipinski definition) is 2. The van der Waals surface area contributed by atoms with Gasteiger partial charge in [-0.25, -0.2) is 9.78 Å². The van der Waals surface area contributed by atoms with E-state index in [4.69, 9.17) is 0 Å². The molecular weight excluding hydrogens is 316 g/mol. The van der Waals surface area contributed by atoms with E-state index in [1.807, 2.05) is 54.3 Å². The number of amides is 2. The Morgan fingerprint density at radius 3 is 2.68 bits per heavy atom. The highest BCUT2D eigenvalue weighted by atomic mass is 16.2. The van der Waals surface area contributed by atoms with Crippen LogP contribution >= 0.6 is 0 Å². The van der Waals surface area contributed by atoms with Gasteiger partial charge in [0, 0.05) is 43.6 Å². The van der Waals surface area contributed by atoms with Gasteiger partial charge < -0.3 is 15.2 Å². The number of carbonyl (C=O) groups is 1. The molecule has 2 N–H and O–H groups in total. The Hall–Kier alpha value is -3.09. The number of aromatic nitrogens is 4. The molecule has 0 aliphatic heterocycles. The first-order valence-electron chi connectivity index (χ1n) is 8.30. The summed E-state index contributed by atoms with van der Waals surface area (Å²) < 4.78 is 3.93. The van der Waals surface area contributed by atoms with Crippen LogP contribution in [0.4, 0.5) is 10.5 Å². The second kappa shape index (κ2) is 8.14. The van der Waals surface area contributed by atoms with Crippen LogP contribution in [0.2, 0.25) is 0 Å². The van der Waals surface area contributed by atoms with Crippen LogP contribution in [0.15, 0.2) is 55.1 Å². The molecule has 1 aromatic carbocycles. The van der Waals surface area contributed by atoms with Crippen LogP contribution in [0.5, 0.6) is 0 Å². The zero-order valence-electron chi connectivity index (χ0n) is 14.2. The molecule has 3 aromatic rings. The van der Waals surface area contributed by atoms with Crippen LogP contribution < -0.4 is 10.6 Å². The lowest BCUT2D eigenvalue weighted by molar-refractivity contribution is 0.252. The van der Waals surface area contributed by atoms with Crippen molar-refractivity contribution in [2.75, 3.05) is 11.9 Å². The predicted molar refractivity (Wildman–Crippen MR) is 96.4 cm³/mol. The van der Waals surface area contributed by atoms with E-state index in [2.05, 4.69) is 25.3 Å². The largest absolute Gasteiger partial charge is 0.338 e. The SMILES string of the molecule is Cc1nccn1CCCNC(=O)Nc1ccc(Cn2cccn2)cc1. The monoisotopic (exact) mass is 338 g/mol. The van der Waals surface area contributed by atoms with Gasteiger partial charge in [-0.3, -0.25) is 4.68 Å². The van der Waals surface area contributed by atoms with Crippen molar-refractivity contribution in [2.24, 2.45) is 0 Å². The molecule has 0 fully saturated rings. The first-order chi connectivity index (χ1) is 12.2. The Bertz CT molecular complexity index is 791. The summed E-state index contributed by atoms with van der Waals surface area (Å²) >= 11 is 0. The number of imidazole rings is 1. The van der Waals surface area contributed by atoms with E-state index in [0.717, 1.165) is 30.0 Å². The highest BCUT2D eigenvalue weighted by Crippen LogP contribution is 2.10. The fourth-order valence-corrected chi connectivity index (χ4v) is 2.54. The maximum Gasteiger partial charge on any atom is 0.319 e. The minimum Gasteiger partial charge on any atom is -0.338 e. The number of nitrogens with zero attached hydrogens (tertiary/aromatic N) is 4. The molecule has 0 aliphatic carbocycles. The highest BCUT2D eigenvalue weighted by molar-refractivity contribution is 5.89. The molecule has 3 rings (SSSR count). The van der Waals surface area contributed by atoms with E-state index >= 15 is 0 Å². The molecular formula is C18H22N6O. The van der Waals surface area contributed by atoms with Gasteiger partial charge in [0.15, 0.2) is 0 Å². The van der Waals surface area contributed by atoms with Gasteiger partial charge in [0.2, 0.25) is 0 Å². The Morgan fingerprint density at radius 1 is 1.16 bits per heavy atom. The van der Waals surface area contributed by atoms with Gasteiger partial charge in [-0.05, 0) is 37.1 Å². The molecule has 0 unspecified atom stereocenters. The molecule has 7 heteroatoms. The van der Waals surface area contributed by atoms with Crippen LogP contribution in [0.1, 0.15) is 17.8 Å². The second-order valence-electron chi connectivity index (χ2n) is 5.80. The number of carbonyl (C=O) groups excluding carboxylic acids is 1. The number of hydrogen-bond acceptors (Lipinski definition) is 3. The van der Waals surface area contributed by atoms with E-state index in [9.17, 15) is 4.79 Å². The Kier molecular flexibility index (Phi) is 5.46. The van der Waals surface area contributed by atoms with Crippen LogP contribution in [0, 0.1) is 6.92 Å². The summed E-state index contributed by atoms with van der Waals surface area (Å²) in [6.07, 6.45) is 8.26. The van der Waals surface area contributed by atoms with E-state index in [1.54, 1.807) is 12.4 Å². The van der Waals surface area contributed by atoms with E-state index in [0.29, 0.717) is 13.1 Å². The Labute approximate surface area is 146 Å². The van der Waals surface area contributed by atoms with Gasteiger partial charge in [0.25, 0.3) is 0 Å². The summed E-state index contributed by atoms with van der Waals surface area (Å²) in [6.45, 7) is 4.14. The van der Waals surface area contributed by atoms with Crippen molar-refractivity contribution in [3.8, 4) is 0 Å². The average molecular weight is 338 g/mol. The van der Waals surface area contributed by atoms with Gasteiger partial charge in [-0.2, -0.15) is 5.10 Å². The summed E-state index contributed by atoms with van der Waals surface area (Å²) in [7, 11) is 0. The number of benzene rings is 1. The third-order valence-corrected chi connectivity index (χ3v) is 3.90. The van der Waals surface area contributed by atoms with Crippen molar-refractivity contribution in [3.05, 3.63) is 66.5 Å². The van der Waals surface area contributed by atoms with Crippen LogP contribution in [-0.2, 0) is 13.1 Å². The summed E-state index contributed by atoms with van der Waals surface area (Å²) in [5.41, 5.74) is 1.90. The zero-order chi connectivity index (χ0) is 17.5. The molecule has 0 bridgehead atoms. The van der Waals surface area contributed by atoms with Crippen molar-refractivity contribution < 1.29 is 4.79 Å². The van der Waals surface area contributed by atoms with Crippen molar-refractivity contribution in [1.82, 2.24) is 24.6 Å². The average Bonchev–Trinajstić information content (AvgIpc) is 3.25. The summed E-state index contributed by atoms with van der Waals surface area (Å²) in [5.74, 6) is 0.986. The van der Waals surface area contributed by atoms with Gasteiger partial charge in [-0.1, -0.05) is 12.1 Å². The van der Waals surface area contributed by atoms with E-state index in [-0.39, 0.29) is 6.03 Å². The normalized spacial score (nSPS) is 10.6. The molecule has 130 valence electrons. The number of urea groups is 1. The number of aryl methyl sites for hydroxylation is 2. The lowest BCUT2D eigenvalue weighted by atomic mass is 10.2. The zero-order valence-corrected chi connectivity index (χ0v) is 14.2. The van der Waals surface area contributed by atoms with Gasteiger partial charge in [0.05, 0.1) is 6.54 Å². The molecule has 2 aromatic heterocycles. The topological polar surface area (TPSA) is 76.8 Å². The molecule has 7 nitrogen and oxygen atoms in total. The van der Waals surface area contributed by atoms with E-state index < -0.39 is 0 Å². The molecule has 0 aliphatic rings. The molecule has 25 heavy (non-hydrogen) atoms. The maximum absolute atomic E-state index is 11.9. The smallest absolute Gasteiger partial charge is 0.319 e. The van der Waals surface area contributed by atoms with Crippen molar-refractivity contribution in [2.45, 2.75) is 26.4 Å².